The monoisotopic (exact) mass is 596 g/mol. The minimum absolute atomic E-state index is 0.335. The lowest BCUT2D eigenvalue weighted by molar-refractivity contribution is -0.0221. The Balaban J connectivity index is 1.32. The Morgan fingerprint density at radius 3 is 1.33 bits per heavy atom. The maximum Gasteiger partial charge on any atom is 0.0560 e. The Morgan fingerprint density at radius 2 is 1.00 bits per heavy atom. The molecule has 0 radical (unpaired) electrons. The Morgan fingerprint density at radius 1 is 0.643 bits per heavy atom. The van der Waals surface area contributed by atoms with E-state index in [1.165, 1.54) is 36.8 Å². The number of nitrogens with zero attached hydrogens (tertiary/aromatic N) is 2. The Labute approximate surface area is 257 Å². The quantitative estimate of drug-likeness (QED) is 0.317. The standard InChI is InChI=1S/C38H50N2P2/c1-23-29-19-37(23,5)21-31-33(29)35(39(41(31)7)25(3)27-15-11-9-12-16-27)36-34-30-20-38(6,24(30)2)22-32(34)42(8)40(36)26(4)28-17-13-10-14-18-28/h9-18,23-26,29-30,35-36H,19-22H2,1-8H3/t23?,24?,25?,26?,29-,30-,35-,36-,37-,38-,41?,42?/m1/s1. The first kappa shape index (κ1) is 28.2. The molecule has 2 aromatic carbocycles. The van der Waals surface area contributed by atoms with Gasteiger partial charge < -0.3 is 0 Å². The Kier molecular flexibility index (Phi) is 6.44. The lowest BCUT2D eigenvalue weighted by Gasteiger charge is -2.60. The fourth-order valence-corrected chi connectivity index (χ4v) is 16.4. The molecule has 10 rings (SSSR count). The second kappa shape index (κ2) is 9.60. The normalized spacial score (nSPS) is 43.9. The zero-order chi connectivity index (χ0) is 29.3. The zero-order valence-corrected chi connectivity index (χ0v) is 28.8. The minimum atomic E-state index is -0.335. The lowest BCUT2D eigenvalue weighted by atomic mass is 9.46. The van der Waals surface area contributed by atoms with Gasteiger partial charge in [-0.2, -0.15) is 0 Å². The van der Waals surface area contributed by atoms with Crippen molar-refractivity contribution in [3.05, 3.63) is 93.6 Å². The van der Waals surface area contributed by atoms with Gasteiger partial charge in [-0.05, 0) is 136 Å². The molecule has 0 amide bonds. The van der Waals surface area contributed by atoms with E-state index in [2.05, 4.69) is 125 Å². The van der Waals surface area contributed by atoms with E-state index in [0.29, 0.717) is 35.0 Å². The fourth-order valence-electron chi connectivity index (χ4n) is 10.7. The van der Waals surface area contributed by atoms with Crippen molar-refractivity contribution in [1.29, 1.82) is 0 Å². The first-order valence-corrected chi connectivity index (χ1v) is 20.1. The van der Waals surface area contributed by atoms with Crippen LogP contribution in [0.4, 0.5) is 0 Å². The van der Waals surface area contributed by atoms with Crippen LogP contribution in [0, 0.1) is 34.5 Å². The average molecular weight is 597 g/mol. The van der Waals surface area contributed by atoms with Crippen LogP contribution in [0.3, 0.4) is 0 Å². The topological polar surface area (TPSA) is 6.48 Å². The van der Waals surface area contributed by atoms with Gasteiger partial charge in [0, 0.05) is 12.1 Å². The van der Waals surface area contributed by atoms with Crippen LogP contribution in [-0.4, -0.2) is 34.8 Å². The second-order valence-corrected chi connectivity index (χ2v) is 19.6. The Hall–Kier alpha value is -1.30. The third-order valence-electron chi connectivity index (χ3n) is 13.7. The van der Waals surface area contributed by atoms with Crippen LogP contribution in [0.25, 0.3) is 0 Å². The summed E-state index contributed by atoms with van der Waals surface area (Å²) in [7, 11) is -0.669. The molecule has 2 heterocycles. The van der Waals surface area contributed by atoms with Gasteiger partial charge >= 0.3 is 0 Å². The van der Waals surface area contributed by atoms with E-state index in [4.69, 9.17) is 0 Å². The highest BCUT2D eigenvalue weighted by Gasteiger charge is 2.65. The van der Waals surface area contributed by atoms with Gasteiger partial charge in [0.1, 0.15) is 0 Å². The molecular weight excluding hydrogens is 546 g/mol. The van der Waals surface area contributed by atoms with Gasteiger partial charge in [0.05, 0.1) is 12.1 Å². The third-order valence-corrected chi connectivity index (χ3v) is 18.7. The van der Waals surface area contributed by atoms with E-state index in [1.807, 2.05) is 21.8 Å². The van der Waals surface area contributed by atoms with Gasteiger partial charge in [0.25, 0.3) is 0 Å². The van der Waals surface area contributed by atoms with E-state index in [9.17, 15) is 0 Å². The van der Waals surface area contributed by atoms with E-state index in [-0.39, 0.29) is 16.1 Å². The van der Waals surface area contributed by atoms with E-state index in [1.54, 1.807) is 0 Å². The predicted octanol–water partition coefficient (Wildman–Crippen LogP) is 10.6. The van der Waals surface area contributed by atoms with Crippen molar-refractivity contribution in [2.24, 2.45) is 34.5 Å². The molecule has 2 saturated carbocycles. The third kappa shape index (κ3) is 3.65. The van der Waals surface area contributed by atoms with Crippen LogP contribution in [0.15, 0.2) is 82.4 Å². The molecule has 222 valence electrons. The van der Waals surface area contributed by atoms with Crippen LogP contribution in [0.1, 0.15) is 90.4 Å². The van der Waals surface area contributed by atoms with Crippen molar-refractivity contribution in [3.8, 4) is 0 Å². The van der Waals surface area contributed by atoms with Crippen molar-refractivity contribution in [3.63, 3.8) is 0 Å². The molecule has 2 fully saturated rings. The molecule has 2 aromatic rings. The van der Waals surface area contributed by atoms with Crippen molar-refractivity contribution < 1.29 is 0 Å². The number of benzene rings is 2. The summed E-state index contributed by atoms with van der Waals surface area (Å²) in [6.07, 6.45) is 5.49. The minimum Gasteiger partial charge on any atom is -0.263 e. The number of allylic oxidation sites excluding steroid dienone is 2. The summed E-state index contributed by atoms with van der Waals surface area (Å²) < 4.78 is 6.19. The summed E-state index contributed by atoms with van der Waals surface area (Å²) in [5.74, 6) is 3.17. The molecule has 6 aliphatic carbocycles. The fraction of sp³-hybridized carbons (Fsp3) is 0.579. The van der Waals surface area contributed by atoms with Crippen LogP contribution in [-0.2, 0) is 0 Å². The number of hydrogen-bond donors (Lipinski definition) is 0. The largest absolute Gasteiger partial charge is 0.263 e. The smallest absolute Gasteiger partial charge is 0.0560 e. The number of hydrogen-bond acceptors (Lipinski definition) is 2. The van der Waals surface area contributed by atoms with Crippen LogP contribution >= 0.6 is 16.1 Å². The maximum absolute atomic E-state index is 3.09. The highest BCUT2D eigenvalue weighted by molar-refractivity contribution is 7.59. The summed E-state index contributed by atoms with van der Waals surface area (Å²) in [6.45, 7) is 20.7. The van der Waals surface area contributed by atoms with E-state index < -0.39 is 0 Å². The van der Waals surface area contributed by atoms with Crippen LogP contribution in [0.5, 0.6) is 0 Å². The first-order valence-electron chi connectivity index (χ1n) is 16.7. The van der Waals surface area contributed by atoms with E-state index >= 15 is 0 Å². The molecule has 8 aliphatic rings. The lowest BCUT2D eigenvalue weighted by Crippen LogP contribution is -2.57. The summed E-state index contributed by atoms with van der Waals surface area (Å²) in [6, 6.07) is 24.8. The summed E-state index contributed by atoms with van der Waals surface area (Å²) in [5, 5.41) is 3.78. The molecule has 12 atom stereocenters. The summed E-state index contributed by atoms with van der Waals surface area (Å²) in [5.41, 5.74) is 7.83. The summed E-state index contributed by atoms with van der Waals surface area (Å²) >= 11 is 0. The van der Waals surface area contributed by atoms with E-state index in [0.717, 1.165) is 23.7 Å². The second-order valence-electron chi connectivity index (χ2n) is 15.5. The van der Waals surface area contributed by atoms with Crippen molar-refractivity contribution >= 4 is 16.1 Å². The molecule has 2 aliphatic heterocycles. The van der Waals surface area contributed by atoms with Crippen molar-refractivity contribution in [2.45, 2.75) is 91.4 Å². The highest BCUT2D eigenvalue weighted by Crippen LogP contribution is 2.78. The van der Waals surface area contributed by atoms with Gasteiger partial charge in [0.15, 0.2) is 0 Å². The highest BCUT2D eigenvalue weighted by atomic mass is 31.1. The molecule has 0 spiro atoms. The zero-order valence-electron chi connectivity index (χ0n) is 27.0. The number of rotatable bonds is 5. The predicted molar refractivity (Wildman–Crippen MR) is 181 cm³/mol. The molecule has 4 heteroatoms. The molecule has 6 unspecified atom stereocenters. The molecule has 42 heavy (non-hydrogen) atoms. The van der Waals surface area contributed by atoms with Gasteiger partial charge in [-0.3, -0.25) is 9.34 Å². The Bertz CT molecular complexity index is 1350. The SMILES string of the molecule is CC(c1ccccc1)N1[C@@H]([C@H]2C3=C(C[C@@]4(C)C[C@@H]3C4C)P(C)N2C(C)c2ccccc2)C2=C(C[C@@]3(C)C[C@@H]2C3C)P1C. The molecular formula is C38H50N2P2. The molecule has 0 saturated heterocycles. The van der Waals surface area contributed by atoms with Crippen LogP contribution < -0.4 is 0 Å². The molecule has 0 aromatic heterocycles. The molecule has 0 N–H and O–H groups in total. The van der Waals surface area contributed by atoms with Gasteiger partial charge in [-0.25, -0.2) is 0 Å². The van der Waals surface area contributed by atoms with Gasteiger partial charge in [-0.1, -0.05) is 88.4 Å². The van der Waals surface area contributed by atoms with Crippen LogP contribution in [0.2, 0.25) is 0 Å². The van der Waals surface area contributed by atoms with Crippen molar-refractivity contribution in [2.75, 3.05) is 13.3 Å². The molecule has 4 bridgehead atoms. The van der Waals surface area contributed by atoms with Gasteiger partial charge in [-0.15, -0.1) is 0 Å². The van der Waals surface area contributed by atoms with Gasteiger partial charge in [0.2, 0.25) is 0 Å². The summed E-state index contributed by atoms with van der Waals surface area (Å²) in [4.78, 5) is 0. The molecule has 2 nitrogen and oxygen atoms in total. The first-order chi connectivity index (χ1) is 20.1. The van der Waals surface area contributed by atoms with Crippen molar-refractivity contribution in [1.82, 2.24) is 9.34 Å². The average Bonchev–Trinajstić information content (AvgIpc) is 3.46. The maximum atomic E-state index is 3.09.